The van der Waals surface area contributed by atoms with Crippen LogP contribution >= 0.6 is 0 Å². The SMILES string of the molecule is CCNC(CCc1ccccn1)Cc1cnn(CC)c1. The molecule has 2 aromatic heterocycles. The topological polar surface area (TPSA) is 42.7 Å². The van der Waals surface area contributed by atoms with Crippen molar-refractivity contribution < 1.29 is 0 Å². The first kappa shape index (κ1) is 14.7. The summed E-state index contributed by atoms with van der Waals surface area (Å²) in [6, 6.07) is 6.59. The predicted octanol–water partition coefficient (Wildman–Crippen LogP) is 2.45. The van der Waals surface area contributed by atoms with Gasteiger partial charge >= 0.3 is 0 Å². The Kier molecular flexibility index (Phi) is 5.74. The number of likely N-dealkylation sites (N-methyl/N-ethyl adjacent to an activating group) is 1. The molecule has 1 atom stereocenters. The van der Waals surface area contributed by atoms with E-state index in [1.807, 2.05) is 23.1 Å². The molecule has 0 fully saturated rings. The summed E-state index contributed by atoms with van der Waals surface area (Å²) in [6.07, 6.45) is 9.13. The van der Waals surface area contributed by atoms with Crippen LogP contribution in [-0.4, -0.2) is 27.4 Å². The summed E-state index contributed by atoms with van der Waals surface area (Å²) in [4.78, 5) is 4.39. The van der Waals surface area contributed by atoms with Gasteiger partial charge in [-0.1, -0.05) is 13.0 Å². The number of hydrogen-bond acceptors (Lipinski definition) is 3. The van der Waals surface area contributed by atoms with Gasteiger partial charge in [0.15, 0.2) is 0 Å². The second kappa shape index (κ2) is 7.80. The molecule has 4 heteroatoms. The molecule has 0 aliphatic heterocycles. The lowest BCUT2D eigenvalue weighted by Gasteiger charge is -2.16. The quantitative estimate of drug-likeness (QED) is 0.802. The number of aromatic nitrogens is 3. The van der Waals surface area contributed by atoms with Crippen LogP contribution in [0.5, 0.6) is 0 Å². The highest BCUT2D eigenvalue weighted by molar-refractivity contribution is 5.08. The van der Waals surface area contributed by atoms with Crippen molar-refractivity contribution in [3.05, 3.63) is 48.0 Å². The molecular formula is C16H24N4. The molecular weight excluding hydrogens is 248 g/mol. The van der Waals surface area contributed by atoms with E-state index in [1.165, 1.54) is 11.3 Å². The van der Waals surface area contributed by atoms with Gasteiger partial charge in [0.05, 0.1) is 6.20 Å². The summed E-state index contributed by atoms with van der Waals surface area (Å²) < 4.78 is 1.98. The Balaban J connectivity index is 1.89. The van der Waals surface area contributed by atoms with E-state index in [1.54, 1.807) is 0 Å². The number of nitrogens with zero attached hydrogens (tertiary/aromatic N) is 3. The Morgan fingerprint density at radius 1 is 1.30 bits per heavy atom. The average molecular weight is 272 g/mol. The van der Waals surface area contributed by atoms with E-state index in [0.717, 1.165) is 32.4 Å². The average Bonchev–Trinajstić information content (AvgIpc) is 2.94. The van der Waals surface area contributed by atoms with Crippen LogP contribution in [0, 0.1) is 0 Å². The minimum absolute atomic E-state index is 0.483. The largest absolute Gasteiger partial charge is 0.314 e. The highest BCUT2D eigenvalue weighted by Crippen LogP contribution is 2.08. The molecule has 0 spiro atoms. The maximum absolute atomic E-state index is 4.39. The first-order chi connectivity index (χ1) is 9.81. The molecule has 0 bridgehead atoms. The molecule has 0 saturated heterocycles. The number of hydrogen-bond donors (Lipinski definition) is 1. The van der Waals surface area contributed by atoms with Crippen molar-refractivity contribution >= 4 is 0 Å². The minimum atomic E-state index is 0.483. The Labute approximate surface area is 121 Å². The first-order valence-corrected chi connectivity index (χ1v) is 7.46. The molecule has 0 aliphatic rings. The smallest absolute Gasteiger partial charge is 0.0522 e. The highest BCUT2D eigenvalue weighted by atomic mass is 15.3. The summed E-state index contributed by atoms with van der Waals surface area (Å²) in [5.74, 6) is 0. The van der Waals surface area contributed by atoms with E-state index in [4.69, 9.17) is 0 Å². The van der Waals surface area contributed by atoms with Crippen LogP contribution in [0.4, 0.5) is 0 Å². The number of aryl methyl sites for hydroxylation is 2. The van der Waals surface area contributed by atoms with Crippen LogP contribution in [0.15, 0.2) is 36.8 Å². The van der Waals surface area contributed by atoms with E-state index < -0.39 is 0 Å². The lowest BCUT2D eigenvalue weighted by Crippen LogP contribution is -2.31. The fourth-order valence-electron chi connectivity index (χ4n) is 2.40. The molecule has 0 saturated carbocycles. The molecule has 4 nitrogen and oxygen atoms in total. The van der Waals surface area contributed by atoms with Crippen molar-refractivity contribution in [1.82, 2.24) is 20.1 Å². The molecule has 0 radical (unpaired) electrons. The Morgan fingerprint density at radius 2 is 2.20 bits per heavy atom. The van der Waals surface area contributed by atoms with E-state index in [-0.39, 0.29) is 0 Å². The zero-order valence-corrected chi connectivity index (χ0v) is 12.4. The lowest BCUT2D eigenvalue weighted by atomic mass is 10.0. The van der Waals surface area contributed by atoms with Crippen LogP contribution in [-0.2, 0) is 19.4 Å². The molecule has 2 heterocycles. The Bertz CT molecular complexity index is 492. The van der Waals surface area contributed by atoms with Gasteiger partial charge in [0.2, 0.25) is 0 Å². The lowest BCUT2D eigenvalue weighted by molar-refractivity contribution is 0.488. The maximum atomic E-state index is 4.39. The molecule has 0 aromatic carbocycles. The van der Waals surface area contributed by atoms with Crippen molar-refractivity contribution in [2.75, 3.05) is 6.54 Å². The van der Waals surface area contributed by atoms with Gasteiger partial charge in [0, 0.05) is 30.7 Å². The highest BCUT2D eigenvalue weighted by Gasteiger charge is 2.10. The van der Waals surface area contributed by atoms with Crippen LogP contribution < -0.4 is 5.32 Å². The van der Waals surface area contributed by atoms with Crippen LogP contribution in [0.3, 0.4) is 0 Å². The van der Waals surface area contributed by atoms with Crippen molar-refractivity contribution in [2.45, 2.75) is 45.7 Å². The van der Waals surface area contributed by atoms with E-state index in [0.29, 0.717) is 6.04 Å². The number of nitrogens with one attached hydrogen (secondary N) is 1. The third-order valence-corrected chi connectivity index (χ3v) is 3.46. The minimum Gasteiger partial charge on any atom is -0.314 e. The summed E-state index contributed by atoms with van der Waals surface area (Å²) >= 11 is 0. The first-order valence-electron chi connectivity index (χ1n) is 7.46. The van der Waals surface area contributed by atoms with Crippen LogP contribution in [0.1, 0.15) is 31.5 Å². The van der Waals surface area contributed by atoms with Gasteiger partial charge in [-0.15, -0.1) is 0 Å². The predicted molar refractivity (Wildman–Crippen MR) is 81.6 cm³/mol. The summed E-state index contributed by atoms with van der Waals surface area (Å²) in [6.45, 7) is 6.19. The fourth-order valence-corrected chi connectivity index (χ4v) is 2.40. The molecule has 1 unspecified atom stereocenters. The number of pyridine rings is 1. The Morgan fingerprint density at radius 3 is 2.85 bits per heavy atom. The van der Waals surface area contributed by atoms with Gasteiger partial charge in [-0.2, -0.15) is 5.10 Å². The fraction of sp³-hybridized carbons (Fsp3) is 0.500. The molecule has 2 aromatic rings. The summed E-state index contributed by atoms with van der Waals surface area (Å²) in [5, 5.41) is 7.91. The molecule has 20 heavy (non-hydrogen) atoms. The molecule has 0 aliphatic carbocycles. The third-order valence-electron chi connectivity index (χ3n) is 3.46. The van der Waals surface area contributed by atoms with E-state index in [2.05, 4.69) is 47.6 Å². The second-order valence-corrected chi connectivity index (χ2v) is 5.02. The van der Waals surface area contributed by atoms with Crippen LogP contribution in [0.2, 0.25) is 0 Å². The standard InChI is InChI=1S/C16H24N4/c1-3-17-16(9-8-15-7-5-6-10-18-15)11-14-12-19-20(4-2)13-14/h5-7,10,12-13,16-17H,3-4,8-9,11H2,1-2H3. The van der Waals surface area contributed by atoms with Gasteiger partial charge < -0.3 is 5.32 Å². The maximum Gasteiger partial charge on any atom is 0.0522 e. The second-order valence-electron chi connectivity index (χ2n) is 5.02. The number of rotatable bonds is 8. The molecule has 0 amide bonds. The zero-order valence-electron chi connectivity index (χ0n) is 12.4. The van der Waals surface area contributed by atoms with Crippen molar-refractivity contribution in [2.24, 2.45) is 0 Å². The van der Waals surface area contributed by atoms with Crippen molar-refractivity contribution in [3.63, 3.8) is 0 Å². The zero-order chi connectivity index (χ0) is 14.2. The van der Waals surface area contributed by atoms with Crippen LogP contribution in [0.25, 0.3) is 0 Å². The monoisotopic (exact) mass is 272 g/mol. The molecule has 108 valence electrons. The van der Waals surface area contributed by atoms with Crippen molar-refractivity contribution in [1.29, 1.82) is 0 Å². The van der Waals surface area contributed by atoms with Crippen molar-refractivity contribution in [3.8, 4) is 0 Å². The van der Waals surface area contributed by atoms with E-state index >= 15 is 0 Å². The Hall–Kier alpha value is -1.68. The summed E-state index contributed by atoms with van der Waals surface area (Å²) in [5.41, 5.74) is 2.47. The van der Waals surface area contributed by atoms with Gasteiger partial charge in [-0.3, -0.25) is 9.67 Å². The van der Waals surface area contributed by atoms with Gasteiger partial charge in [-0.05, 0) is 50.4 Å². The third kappa shape index (κ3) is 4.46. The van der Waals surface area contributed by atoms with Gasteiger partial charge in [-0.25, -0.2) is 0 Å². The molecule has 1 N–H and O–H groups in total. The normalized spacial score (nSPS) is 12.5. The molecule has 2 rings (SSSR count). The summed E-state index contributed by atoms with van der Waals surface area (Å²) in [7, 11) is 0. The van der Waals surface area contributed by atoms with E-state index in [9.17, 15) is 0 Å². The van der Waals surface area contributed by atoms with Gasteiger partial charge in [0.1, 0.15) is 0 Å². The van der Waals surface area contributed by atoms with Gasteiger partial charge in [0.25, 0.3) is 0 Å².